The minimum atomic E-state index is -4.51. The Morgan fingerprint density at radius 2 is 1.96 bits per heavy atom. The molecule has 0 spiro atoms. The summed E-state index contributed by atoms with van der Waals surface area (Å²) in [6.07, 6.45) is -4.87. The summed E-state index contributed by atoms with van der Waals surface area (Å²) in [5.41, 5.74) is -0.359. The summed E-state index contributed by atoms with van der Waals surface area (Å²) in [6, 6.07) is 10.9. The van der Waals surface area contributed by atoms with Gasteiger partial charge in [-0.1, -0.05) is 25.1 Å². The first-order chi connectivity index (χ1) is 12.4. The highest BCUT2D eigenvalue weighted by molar-refractivity contribution is 7.99. The van der Waals surface area contributed by atoms with Crippen LogP contribution in [0.2, 0.25) is 0 Å². The van der Waals surface area contributed by atoms with Gasteiger partial charge in [-0.15, -0.1) is 11.8 Å². The quantitative estimate of drug-likeness (QED) is 0.730. The summed E-state index contributed by atoms with van der Waals surface area (Å²) in [4.78, 5) is 18.6. The van der Waals surface area contributed by atoms with Crippen molar-refractivity contribution in [2.24, 2.45) is 0 Å². The third-order valence-corrected chi connectivity index (χ3v) is 4.81. The van der Waals surface area contributed by atoms with Crippen molar-refractivity contribution in [3.63, 3.8) is 0 Å². The van der Waals surface area contributed by atoms with E-state index in [0.717, 1.165) is 16.7 Å². The van der Waals surface area contributed by atoms with Crippen molar-refractivity contribution in [3.05, 3.63) is 53.7 Å². The fourth-order valence-electron chi connectivity index (χ4n) is 2.58. The standard InChI is InChI=1S/C18H17F3N2O2S/c1-2-26-14-7-4-3-6-13(14)17(24)23-10-12(11-23)25-16-9-5-8-15(22-16)18(19,20)21/h3-9,12H,2,10-11H2,1H3. The lowest BCUT2D eigenvalue weighted by Gasteiger charge is -2.39. The molecule has 1 saturated heterocycles. The van der Waals surface area contributed by atoms with E-state index < -0.39 is 11.9 Å². The molecule has 1 amide bonds. The lowest BCUT2D eigenvalue weighted by atomic mass is 10.1. The second-order valence-electron chi connectivity index (χ2n) is 5.74. The molecule has 0 atom stereocenters. The molecule has 0 radical (unpaired) electrons. The number of halogens is 3. The minimum Gasteiger partial charge on any atom is -0.471 e. The zero-order chi connectivity index (χ0) is 18.7. The molecular formula is C18H17F3N2O2S. The molecule has 3 rings (SSSR count). The lowest BCUT2D eigenvalue weighted by molar-refractivity contribution is -0.141. The van der Waals surface area contributed by atoms with E-state index in [0.29, 0.717) is 18.7 Å². The molecule has 1 aromatic carbocycles. The maximum Gasteiger partial charge on any atom is 0.433 e. The number of rotatable bonds is 5. The number of carbonyl (C=O) groups is 1. The normalized spacial score (nSPS) is 14.8. The van der Waals surface area contributed by atoms with Gasteiger partial charge < -0.3 is 9.64 Å². The van der Waals surface area contributed by atoms with Gasteiger partial charge in [0.25, 0.3) is 5.91 Å². The fourth-order valence-corrected chi connectivity index (χ4v) is 3.38. The average molecular weight is 382 g/mol. The molecular weight excluding hydrogens is 365 g/mol. The first-order valence-electron chi connectivity index (χ1n) is 8.10. The van der Waals surface area contributed by atoms with E-state index in [1.807, 2.05) is 25.1 Å². The zero-order valence-corrected chi connectivity index (χ0v) is 14.8. The van der Waals surface area contributed by atoms with E-state index >= 15 is 0 Å². The van der Waals surface area contributed by atoms with Crippen molar-refractivity contribution in [2.45, 2.75) is 24.1 Å². The molecule has 0 aliphatic carbocycles. The van der Waals surface area contributed by atoms with Gasteiger partial charge in [-0.25, -0.2) is 4.98 Å². The molecule has 0 saturated carbocycles. The predicted octanol–water partition coefficient (Wildman–Crippen LogP) is 4.12. The van der Waals surface area contributed by atoms with Crippen LogP contribution in [0.5, 0.6) is 5.88 Å². The third kappa shape index (κ3) is 4.12. The molecule has 0 unspecified atom stereocenters. The zero-order valence-electron chi connectivity index (χ0n) is 14.0. The number of nitrogens with zero attached hydrogens (tertiary/aromatic N) is 2. The van der Waals surface area contributed by atoms with Crippen LogP contribution in [-0.4, -0.2) is 40.7 Å². The van der Waals surface area contributed by atoms with Crippen LogP contribution in [0, 0.1) is 0 Å². The van der Waals surface area contributed by atoms with Gasteiger partial charge in [-0.2, -0.15) is 13.2 Å². The Labute approximate surface area is 153 Å². The average Bonchev–Trinajstić information content (AvgIpc) is 2.57. The van der Waals surface area contributed by atoms with Gasteiger partial charge in [0.1, 0.15) is 11.8 Å². The minimum absolute atomic E-state index is 0.0844. The smallest absolute Gasteiger partial charge is 0.433 e. The molecule has 4 nitrogen and oxygen atoms in total. The van der Waals surface area contributed by atoms with Crippen molar-refractivity contribution in [3.8, 4) is 5.88 Å². The summed E-state index contributed by atoms with van der Waals surface area (Å²) in [7, 11) is 0. The highest BCUT2D eigenvalue weighted by atomic mass is 32.2. The van der Waals surface area contributed by atoms with Gasteiger partial charge in [0.05, 0.1) is 18.7 Å². The summed E-state index contributed by atoms with van der Waals surface area (Å²) in [6.45, 7) is 2.66. The second kappa shape index (κ2) is 7.57. The number of pyridine rings is 1. The molecule has 2 heterocycles. The molecule has 138 valence electrons. The number of likely N-dealkylation sites (tertiary alicyclic amines) is 1. The highest BCUT2D eigenvalue weighted by Crippen LogP contribution is 2.30. The number of hydrogen-bond donors (Lipinski definition) is 0. The number of amides is 1. The maximum atomic E-state index is 12.7. The Kier molecular flexibility index (Phi) is 5.41. The van der Waals surface area contributed by atoms with Crippen LogP contribution in [0.25, 0.3) is 0 Å². The first-order valence-corrected chi connectivity index (χ1v) is 9.09. The number of hydrogen-bond acceptors (Lipinski definition) is 4. The van der Waals surface area contributed by atoms with E-state index in [9.17, 15) is 18.0 Å². The Morgan fingerprint density at radius 1 is 1.23 bits per heavy atom. The molecule has 0 N–H and O–H groups in total. The van der Waals surface area contributed by atoms with E-state index in [4.69, 9.17) is 4.74 Å². The van der Waals surface area contributed by atoms with Gasteiger partial charge in [-0.3, -0.25) is 4.79 Å². The van der Waals surface area contributed by atoms with Crippen LogP contribution < -0.4 is 4.74 Å². The molecule has 2 aromatic rings. The van der Waals surface area contributed by atoms with E-state index in [1.165, 1.54) is 12.1 Å². The van der Waals surface area contributed by atoms with Gasteiger partial charge >= 0.3 is 6.18 Å². The molecule has 1 aromatic heterocycles. The molecule has 1 fully saturated rings. The fraction of sp³-hybridized carbons (Fsp3) is 0.333. The highest BCUT2D eigenvalue weighted by Gasteiger charge is 2.35. The Balaban J connectivity index is 1.60. The van der Waals surface area contributed by atoms with Gasteiger partial charge in [0.15, 0.2) is 0 Å². The number of thioether (sulfide) groups is 1. The second-order valence-corrected chi connectivity index (χ2v) is 7.04. The van der Waals surface area contributed by atoms with Crippen molar-refractivity contribution in [1.29, 1.82) is 0 Å². The van der Waals surface area contributed by atoms with Gasteiger partial charge in [0.2, 0.25) is 5.88 Å². The maximum absolute atomic E-state index is 12.7. The molecule has 1 aliphatic rings. The molecule has 1 aliphatic heterocycles. The molecule has 8 heteroatoms. The van der Waals surface area contributed by atoms with Gasteiger partial charge in [0, 0.05) is 11.0 Å². The van der Waals surface area contributed by atoms with Crippen LogP contribution in [0.1, 0.15) is 23.0 Å². The van der Waals surface area contributed by atoms with Crippen LogP contribution in [-0.2, 0) is 6.18 Å². The summed E-state index contributed by atoms with van der Waals surface area (Å²) >= 11 is 1.59. The number of benzene rings is 1. The first kappa shape index (κ1) is 18.6. The summed E-state index contributed by atoms with van der Waals surface area (Å²) < 4.78 is 43.5. The molecule has 26 heavy (non-hydrogen) atoms. The van der Waals surface area contributed by atoms with Crippen LogP contribution in [0.15, 0.2) is 47.4 Å². The van der Waals surface area contributed by atoms with E-state index in [1.54, 1.807) is 22.7 Å². The molecule has 0 bridgehead atoms. The third-order valence-electron chi connectivity index (χ3n) is 3.85. The van der Waals surface area contributed by atoms with Crippen molar-refractivity contribution >= 4 is 17.7 Å². The van der Waals surface area contributed by atoms with Crippen molar-refractivity contribution < 1.29 is 22.7 Å². The van der Waals surface area contributed by atoms with E-state index in [2.05, 4.69) is 4.98 Å². The Hall–Kier alpha value is -2.22. The predicted molar refractivity (Wildman–Crippen MR) is 92.4 cm³/mol. The Bertz CT molecular complexity index is 792. The summed E-state index contributed by atoms with van der Waals surface area (Å²) in [5, 5.41) is 0. The monoisotopic (exact) mass is 382 g/mol. The number of alkyl halides is 3. The number of carbonyl (C=O) groups excluding carboxylic acids is 1. The van der Waals surface area contributed by atoms with E-state index in [-0.39, 0.29) is 17.9 Å². The van der Waals surface area contributed by atoms with Crippen LogP contribution >= 0.6 is 11.8 Å². The number of ether oxygens (including phenoxy) is 1. The summed E-state index contributed by atoms with van der Waals surface area (Å²) in [5.74, 6) is 0.675. The topological polar surface area (TPSA) is 42.4 Å². The van der Waals surface area contributed by atoms with Crippen LogP contribution in [0.3, 0.4) is 0 Å². The van der Waals surface area contributed by atoms with Gasteiger partial charge in [-0.05, 0) is 24.0 Å². The van der Waals surface area contributed by atoms with Crippen LogP contribution in [0.4, 0.5) is 13.2 Å². The van der Waals surface area contributed by atoms with Crippen molar-refractivity contribution in [2.75, 3.05) is 18.8 Å². The largest absolute Gasteiger partial charge is 0.471 e. The number of aromatic nitrogens is 1. The Morgan fingerprint density at radius 3 is 2.65 bits per heavy atom. The lowest BCUT2D eigenvalue weighted by Crippen LogP contribution is -2.56. The SMILES string of the molecule is CCSc1ccccc1C(=O)N1CC(Oc2cccc(C(F)(F)F)n2)C1. The van der Waals surface area contributed by atoms with Crippen molar-refractivity contribution in [1.82, 2.24) is 9.88 Å².